The topological polar surface area (TPSA) is 67.8 Å². The van der Waals surface area contributed by atoms with Gasteiger partial charge in [0.05, 0.1) is 0 Å². The minimum atomic E-state index is -0.631. The summed E-state index contributed by atoms with van der Waals surface area (Å²) in [4.78, 5) is 25.2. The molecule has 2 fully saturated rings. The van der Waals surface area contributed by atoms with Gasteiger partial charge in [-0.15, -0.1) is 0 Å². The Kier molecular flexibility index (Phi) is 5.78. The fourth-order valence-corrected chi connectivity index (χ4v) is 3.41. The number of rotatable bonds is 6. The molecule has 0 N–H and O–H groups in total. The molecule has 1 saturated heterocycles. The van der Waals surface area contributed by atoms with Crippen molar-refractivity contribution in [1.29, 1.82) is 0 Å². The molecule has 2 aromatic rings. The first kappa shape index (κ1) is 19.4. The smallest absolute Gasteiger partial charge is 0.263 e. The number of amides is 1. The zero-order chi connectivity index (χ0) is 20.2. The molecule has 1 saturated carbocycles. The molecule has 4 rings (SSSR count). The van der Waals surface area contributed by atoms with E-state index in [0.717, 1.165) is 18.7 Å². The molecule has 1 amide bonds. The Morgan fingerprint density at radius 2 is 1.86 bits per heavy atom. The van der Waals surface area contributed by atoms with Crippen LogP contribution >= 0.6 is 0 Å². The Balaban J connectivity index is 1.30. The van der Waals surface area contributed by atoms with Crippen LogP contribution in [0.25, 0.3) is 0 Å². The molecule has 7 nitrogen and oxygen atoms in total. The van der Waals surface area contributed by atoms with Crippen LogP contribution in [0, 0.1) is 5.82 Å². The summed E-state index contributed by atoms with van der Waals surface area (Å²) in [5, 5.41) is 0. The summed E-state index contributed by atoms with van der Waals surface area (Å²) in [5.74, 6) is 1.49. The lowest BCUT2D eigenvalue weighted by Gasteiger charge is -2.36. The standard InChI is InChI=1S/C21H25FN4O3/c1-15(28-18-7-5-16(22)6-8-18)21(27)26-11-9-25(10-12-26)19-13-20(24-14-23-19)29-17-3-2-4-17/h5-8,13-15,17H,2-4,9-12H2,1H3. The zero-order valence-electron chi connectivity index (χ0n) is 16.5. The highest BCUT2D eigenvalue weighted by Crippen LogP contribution is 2.25. The molecule has 1 aromatic carbocycles. The van der Waals surface area contributed by atoms with Crippen molar-refractivity contribution >= 4 is 11.7 Å². The molecule has 0 radical (unpaired) electrons. The summed E-state index contributed by atoms with van der Waals surface area (Å²) >= 11 is 0. The highest BCUT2D eigenvalue weighted by Gasteiger charge is 2.27. The van der Waals surface area contributed by atoms with Gasteiger partial charge in [-0.05, 0) is 50.5 Å². The molecule has 1 aliphatic carbocycles. The van der Waals surface area contributed by atoms with Crippen LogP contribution in [0.1, 0.15) is 26.2 Å². The van der Waals surface area contributed by atoms with Gasteiger partial charge in [0.2, 0.25) is 5.88 Å². The molecule has 154 valence electrons. The van der Waals surface area contributed by atoms with Gasteiger partial charge in [-0.25, -0.2) is 14.4 Å². The van der Waals surface area contributed by atoms with Crippen LogP contribution in [0.2, 0.25) is 0 Å². The second-order valence-corrected chi connectivity index (χ2v) is 7.41. The van der Waals surface area contributed by atoms with E-state index in [1.807, 2.05) is 6.07 Å². The lowest BCUT2D eigenvalue weighted by molar-refractivity contribution is -0.138. The molecule has 1 aromatic heterocycles. The molecule has 8 heteroatoms. The summed E-state index contributed by atoms with van der Waals surface area (Å²) in [5.41, 5.74) is 0. The Hall–Kier alpha value is -2.90. The van der Waals surface area contributed by atoms with E-state index in [1.165, 1.54) is 37.0 Å². The van der Waals surface area contributed by atoms with E-state index in [4.69, 9.17) is 9.47 Å². The molecule has 1 unspecified atom stereocenters. The summed E-state index contributed by atoms with van der Waals surface area (Å²) in [7, 11) is 0. The monoisotopic (exact) mass is 400 g/mol. The second-order valence-electron chi connectivity index (χ2n) is 7.41. The molecule has 29 heavy (non-hydrogen) atoms. The predicted molar refractivity (Wildman–Crippen MR) is 106 cm³/mol. The predicted octanol–water partition coefficient (Wildman–Crippen LogP) is 2.66. The summed E-state index contributed by atoms with van der Waals surface area (Å²) in [6, 6.07) is 7.55. The van der Waals surface area contributed by atoms with E-state index in [-0.39, 0.29) is 17.8 Å². The number of halogens is 1. The molecular formula is C21H25FN4O3. The molecule has 1 aliphatic heterocycles. The number of carbonyl (C=O) groups is 1. The summed E-state index contributed by atoms with van der Waals surface area (Å²) < 4.78 is 24.5. The van der Waals surface area contributed by atoms with Crippen LogP contribution in [0.15, 0.2) is 36.7 Å². The maximum Gasteiger partial charge on any atom is 0.263 e. The third-order valence-electron chi connectivity index (χ3n) is 5.36. The number of ether oxygens (including phenoxy) is 2. The third-order valence-corrected chi connectivity index (χ3v) is 5.36. The summed E-state index contributed by atoms with van der Waals surface area (Å²) in [6.45, 7) is 4.23. The van der Waals surface area contributed by atoms with E-state index in [2.05, 4.69) is 14.9 Å². The van der Waals surface area contributed by atoms with E-state index in [9.17, 15) is 9.18 Å². The Morgan fingerprint density at radius 1 is 1.14 bits per heavy atom. The van der Waals surface area contributed by atoms with Gasteiger partial charge in [0.25, 0.3) is 5.91 Å². The molecular weight excluding hydrogens is 375 g/mol. The normalized spacial score (nSPS) is 18.1. The van der Waals surface area contributed by atoms with Gasteiger partial charge in [-0.1, -0.05) is 0 Å². The number of piperazine rings is 1. The van der Waals surface area contributed by atoms with Crippen molar-refractivity contribution < 1.29 is 18.7 Å². The number of hydrogen-bond acceptors (Lipinski definition) is 6. The molecule has 2 aliphatic rings. The minimum absolute atomic E-state index is 0.0781. The van der Waals surface area contributed by atoms with Gasteiger partial charge in [0, 0.05) is 32.2 Å². The lowest BCUT2D eigenvalue weighted by atomic mass is 9.96. The number of nitrogens with zero attached hydrogens (tertiary/aromatic N) is 4. The van der Waals surface area contributed by atoms with Crippen molar-refractivity contribution in [3.63, 3.8) is 0 Å². The van der Waals surface area contributed by atoms with Crippen molar-refractivity contribution in [3.8, 4) is 11.6 Å². The van der Waals surface area contributed by atoms with E-state index < -0.39 is 6.10 Å². The second kappa shape index (κ2) is 8.63. The fourth-order valence-electron chi connectivity index (χ4n) is 3.41. The highest BCUT2D eigenvalue weighted by atomic mass is 19.1. The van der Waals surface area contributed by atoms with Gasteiger partial charge in [0.15, 0.2) is 6.10 Å². The van der Waals surface area contributed by atoms with E-state index >= 15 is 0 Å². The van der Waals surface area contributed by atoms with Crippen LogP contribution in [-0.4, -0.2) is 59.2 Å². The van der Waals surface area contributed by atoms with Crippen molar-refractivity contribution in [2.24, 2.45) is 0 Å². The average Bonchev–Trinajstić information content (AvgIpc) is 2.72. The molecule has 0 spiro atoms. The molecule has 2 heterocycles. The maximum atomic E-state index is 13.0. The van der Waals surface area contributed by atoms with Crippen LogP contribution < -0.4 is 14.4 Å². The quantitative estimate of drug-likeness (QED) is 0.743. The van der Waals surface area contributed by atoms with Crippen molar-refractivity contribution in [1.82, 2.24) is 14.9 Å². The lowest BCUT2D eigenvalue weighted by Crippen LogP contribution is -2.52. The fraction of sp³-hybridized carbons (Fsp3) is 0.476. The SMILES string of the molecule is CC(Oc1ccc(F)cc1)C(=O)N1CCN(c2cc(OC3CCC3)ncn2)CC1. The Morgan fingerprint density at radius 3 is 2.52 bits per heavy atom. The van der Waals surface area contributed by atoms with E-state index in [0.29, 0.717) is 37.8 Å². The van der Waals surface area contributed by atoms with Crippen molar-refractivity contribution in [2.75, 3.05) is 31.1 Å². The zero-order valence-corrected chi connectivity index (χ0v) is 16.5. The van der Waals surface area contributed by atoms with Crippen LogP contribution in [0.3, 0.4) is 0 Å². The van der Waals surface area contributed by atoms with Crippen molar-refractivity contribution in [2.45, 2.75) is 38.4 Å². The third kappa shape index (κ3) is 4.75. The maximum absolute atomic E-state index is 13.0. The summed E-state index contributed by atoms with van der Waals surface area (Å²) in [6.07, 6.45) is 4.54. The van der Waals surface area contributed by atoms with Crippen LogP contribution in [0.5, 0.6) is 11.6 Å². The first-order valence-corrected chi connectivity index (χ1v) is 10.0. The van der Waals surface area contributed by atoms with Gasteiger partial charge in [-0.2, -0.15) is 0 Å². The molecule has 1 atom stereocenters. The molecule has 0 bridgehead atoms. The first-order valence-electron chi connectivity index (χ1n) is 10.0. The number of benzene rings is 1. The number of anilines is 1. The minimum Gasteiger partial charge on any atom is -0.481 e. The van der Waals surface area contributed by atoms with Gasteiger partial charge in [0.1, 0.15) is 29.8 Å². The van der Waals surface area contributed by atoms with Crippen LogP contribution in [0.4, 0.5) is 10.2 Å². The van der Waals surface area contributed by atoms with Crippen LogP contribution in [-0.2, 0) is 4.79 Å². The highest BCUT2D eigenvalue weighted by molar-refractivity contribution is 5.81. The Labute approximate surface area is 169 Å². The number of carbonyl (C=O) groups excluding carboxylic acids is 1. The number of hydrogen-bond donors (Lipinski definition) is 0. The Bertz CT molecular complexity index is 836. The van der Waals surface area contributed by atoms with E-state index in [1.54, 1.807) is 11.8 Å². The largest absolute Gasteiger partial charge is 0.481 e. The van der Waals surface area contributed by atoms with Gasteiger partial charge in [-0.3, -0.25) is 4.79 Å². The van der Waals surface area contributed by atoms with Gasteiger partial charge >= 0.3 is 0 Å². The van der Waals surface area contributed by atoms with Crippen molar-refractivity contribution in [3.05, 3.63) is 42.5 Å². The number of aromatic nitrogens is 2. The average molecular weight is 400 g/mol. The first-order chi connectivity index (χ1) is 14.1. The van der Waals surface area contributed by atoms with Gasteiger partial charge < -0.3 is 19.3 Å².